The van der Waals surface area contributed by atoms with Crippen LogP contribution in [0.2, 0.25) is 0 Å². The number of hydrogen-bond donors (Lipinski definition) is 2. The fraction of sp³-hybridized carbons (Fsp3) is 0.615. The molecule has 2 heterocycles. The van der Waals surface area contributed by atoms with Crippen LogP contribution in [-0.4, -0.2) is 48.2 Å². The number of amides is 1. The molecule has 0 aromatic carbocycles. The van der Waals surface area contributed by atoms with Crippen LogP contribution in [0.1, 0.15) is 29.8 Å². The molecular weight excluding hydrogens is 244 g/mol. The second-order valence-corrected chi connectivity index (χ2v) is 4.52. The van der Waals surface area contributed by atoms with Crippen LogP contribution in [0.4, 0.5) is 0 Å². The molecule has 19 heavy (non-hydrogen) atoms. The van der Waals surface area contributed by atoms with Gasteiger partial charge in [-0.25, -0.2) is 4.98 Å². The molecule has 6 heteroatoms. The van der Waals surface area contributed by atoms with Gasteiger partial charge in [0.1, 0.15) is 5.69 Å². The second-order valence-electron chi connectivity index (χ2n) is 4.52. The molecule has 0 saturated carbocycles. The summed E-state index contributed by atoms with van der Waals surface area (Å²) >= 11 is 0. The van der Waals surface area contributed by atoms with Crippen LogP contribution in [0.3, 0.4) is 0 Å². The van der Waals surface area contributed by atoms with E-state index in [0.717, 1.165) is 32.4 Å². The zero-order chi connectivity index (χ0) is 13.3. The number of rotatable bonds is 6. The summed E-state index contributed by atoms with van der Waals surface area (Å²) in [6, 6.07) is 0. The van der Waals surface area contributed by atoms with Crippen molar-refractivity contribution in [1.82, 2.24) is 20.6 Å². The molecule has 0 spiro atoms. The highest BCUT2D eigenvalue weighted by atomic mass is 16.5. The molecule has 0 aliphatic carbocycles. The topological polar surface area (TPSA) is 76.1 Å². The summed E-state index contributed by atoms with van der Waals surface area (Å²) < 4.78 is 5.75. The van der Waals surface area contributed by atoms with Crippen LogP contribution in [0.25, 0.3) is 0 Å². The fourth-order valence-corrected chi connectivity index (χ4v) is 1.99. The van der Waals surface area contributed by atoms with Crippen molar-refractivity contribution in [3.05, 3.63) is 24.3 Å². The standard InChI is InChI=1S/C13H20N4O2/c18-13(12-10-15-7-8-16-12)17-4-1-9-19-11-2-5-14-6-3-11/h7-8,10-11,14H,1-6,9H2,(H,17,18). The van der Waals surface area contributed by atoms with Crippen LogP contribution in [0, 0.1) is 0 Å². The van der Waals surface area contributed by atoms with Crippen molar-refractivity contribution in [2.45, 2.75) is 25.4 Å². The van der Waals surface area contributed by atoms with E-state index < -0.39 is 0 Å². The number of nitrogens with one attached hydrogen (secondary N) is 2. The summed E-state index contributed by atoms with van der Waals surface area (Å²) in [5, 5.41) is 6.10. The summed E-state index contributed by atoms with van der Waals surface area (Å²) in [6.45, 7) is 3.36. The van der Waals surface area contributed by atoms with Crippen molar-refractivity contribution in [2.24, 2.45) is 0 Å². The van der Waals surface area contributed by atoms with Gasteiger partial charge in [-0.05, 0) is 32.4 Å². The Hall–Kier alpha value is -1.53. The summed E-state index contributed by atoms with van der Waals surface area (Å²) in [6.07, 6.45) is 7.85. The van der Waals surface area contributed by atoms with E-state index >= 15 is 0 Å². The smallest absolute Gasteiger partial charge is 0.271 e. The number of carbonyl (C=O) groups is 1. The Kier molecular flexibility index (Phi) is 5.71. The molecule has 104 valence electrons. The van der Waals surface area contributed by atoms with Gasteiger partial charge in [0.15, 0.2) is 0 Å². The SMILES string of the molecule is O=C(NCCCOC1CCNCC1)c1cnccn1. The minimum absolute atomic E-state index is 0.185. The molecule has 2 N–H and O–H groups in total. The van der Waals surface area contributed by atoms with Gasteiger partial charge < -0.3 is 15.4 Å². The van der Waals surface area contributed by atoms with Crippen LogP contribution < -0.4 is 10.6 Å². The minimum atomic E-state index is -0.185. The van der Waals surface area contributed by atoms with Crippen LogP contribution in [0.15, 0.2) is 18.6 Å². The number of piperidine rings is 1. The van der Waals surface area contributed by atoms with E-state index in [-0.39, 0.29) is 5.91 Å². The Morgan fingerprint density at radius 3 is 3.00 bits per heavy atom. The fourth-order valence-electron chi connectivity index (χ4n) is 1.99. The molecule has 2 rings (SSSR count). The normalized spacial score (nSPS) is 16.2. The van der Waals surface area contributed by atoms with Gasteiger partial charge in [0.05, 0.1) is 12.3 Å². The third kappa shape index (κ3) is 4.92. The predicted octanol–water partition coefficient (Wildman–Crippen LogP) is 0.365. The summed E-state index contributed by atoms with van der Waals surface area (Å²) in [4.78, 5) is 19.4. The first-order chi connectivity index (χ1) is 9.36. The van der Waals surface area contributed by atoms with Crippen molar-refractivity contribution in [1.29, 1.82) is 0 Å². The maximum absolute atomic E-state index is 11.6. The Morgan fingerprint density at radius 2 is 2.26 bits per heavy atom. The molecule has 1 saturated heterocycles. The monoisotopic (exact) mass is 264 g/mol. The van der Waals surface area contributed by atoms with Gasteiger partial charge in [-0.15, -0.1) is 0 Å². The highest BCUT2D eigenvalue weighted by Gasteiger charge is 2.12. The van der Waals surface area contributed by atoms with Gasteiger partial charge in [0, 0.05) is 25.5 Å². The number of hydrogen-bond acceptors (Lipinski definition) is 5. The van der Waals surface area contributed by atoms with Gasteiger partial charge in [-0.1, -0.05) is 0 Å². The molecule has 0 bridgehead atoms. The number of ether oxygens (including phenoxy) is 1. The van der Waals surface area contributed by atoms with E-state index in [1.807, 2.05) is 0 Å². The average Bonchev–Trinajstić information content (AvgIpc) is 2.49. The van der Waals surface area contributed by atoms with Crippen molar-refractivity contribution < 1.29 is 9.53 Å². The molecule has 0 atom stereocenters. The van der Waals surface area contributed by atoms with Crippen LogP contribution in [0.5, 0.6) is 0 Å². The van der Waals surface area contributed by atoms with E-state index in [0.29, 0.717) is 24.9 Å². The lowest BCUT2D eigenvalue weighted by Crippen LogP contribution is -2.33. The third-order valence-electron chi connectivity index (χ3n) is 3.04. The molecule has 1 aromatic rings. The van der Waals surface area contributed by atoms with Gasteiger partial charge in [0.25, 0.3) is 5.91 Å². The predicted molar refractivity (Wildman–Crippen MR) is 70.8 cm³/mol. The molecule has 1 aliphatic rings. The van der Waals surface area contributed by atoms with Crippen molar-refractivity contribution in [3.8, 4) is 0 Å². The summed E-state index contributed by atoms with van der Waals surface area (Å²) in [5.41, 5.74) is 0.349. The Balaban J connectivity index is 1.55. The molecule has 1 amide bonds. The first kappa shape index (κ1) is 13.9. The maximum Gasteiger partial charge on any atom is 0.271 e. The van der Waals surface area contributed by atoms with Gasteiger partial charge in [-0.2, -0.15) is 0 Å². The number of aromatic nitrogens is 2. The lowest BCUT2D eigenvalue weighted by atomic mass is 10.1. The third-order valence-corrected chi connectivity index (χ3v) is 3.04. The molecule has 1 aliphatic heterocycles. The molecule has 0 radical (unpaired) electrons. The Labute approximate surface area is 113 Å². The van der Waals surface area contributed by atoms with Gasteiger partial charge in [-0.3, -0.25) is 9.78 Å². The van der Waals surface area contributed by atoms with E-state index in [1.54, 1.807) is 6.20 Å². The molecule has 6 nitrogen and oxygen atoms in total. The quantitative estimate of drug-likeness (QED) is 0.726. The van der Waals surface area contributed by atoms with Crippen LogP contribution in [-0.2, 0) is 4.74 Å². The van der Waals surface area contributed by atoms with E-state index in [1.165, 1.54) is 12.4 Å². The average molecular weight is 264 g/mol. The maximum atomic E-state index is 11.6. The Bertz CT molecular complexity index is 379. The zero-order valence-corrected chi connectivity index (χ0v) is 11.0. The second kappa shape index (κ2) is 7.81. The van der Waals surface area contributed by atoms with E-state index in [2.05, 4.69) is 20.6 Å². The zero-order valence-electron chi connectivity index (χ0n) is 11.0. The lowest BCUT2D eigenvalue weighted by molar-refractivity contribution is 0.0317. The molecule has 0 unspecified atom stereocenters. The van der Waals surface area contributed by atoms with E-state index in [9.17, 15) is 4.79 Å². The summed E-state index contributed by atoms with van der Waals surface area (Å²) in [7, 11) is 0. The minimum Gasteiger partial charge on any atom is -0.378 e. The molecule has 1 aromatic heterocycles. The van der Waals surface area contributed by atoms with Crippen molar-refractivity contribution in [3.63, 3.8) is 0 Å². The van der Waals surface area contributed by atoms with Gasteiger partial charge >= 0.3 is 0 Å². The summed E-state index contributed by atoms with van der Waals surface area (Å²) in [5.74, 6) is -0.185. The van der Waals surface area contributed by atoms with Gasteiger partial charge in [0.2, 0.25) is 0 Å². The van der Waals surface area contributed by atoms with Crippen molar-refractivity contribution >= 4 is 5.91 Å². The van der Waals surface area contributed by atoms with E-state index in [4.69, 9.17) is 4.74 Å². The number of nitrogens with zero attached hydrogens (tertiary/aromatic N) is 2. The Morgan fingerprint density at radius 1 is 1.42 bits per heavy atom. The highest BCUT2D eigenvalue weighted by molar-refractivity contribution is 5.91. The first-order valence-electron chi connectivity index (χ1n) is 6.73. The lowest BCUT2D eigenvalue weighted by Gasteiger charge is -2.22. The van der Waals surface area contributed by atoms with Crippen molar-refractivity contribution in [2.75, 3.05) is 26.2 Å². The highest BCUT2D eigenvalue weighted by Crippen LogP contribution is 2.07. The molecular formula is C13H20N4O2. The van der Waals surface area contributed by atoms with Crippen LogP contribution >= 0.6 is 0 Å². The molecule has 1 fully saturated rings. The largest absolute Gasteiger partial charge is 0.378 e. The first-order valence-corrected chi connectivity index (χ1v) is 6.73. The number of carbonyl (C=O) groups excluding carboxylic acids is 1.